The van der Waals surface area contributed by atoms with Crippen LogP contribution in [0.5, 0.6) is 5.88 Å². The number of nitrogens with zero attached hydrogens (tertiary/aromatic N) is 1. The monoisotopic (exact) mass is 318 g/mol. The van der Waals surface area contributed by atoms with Crippen molar-refractivity contribution >= 4 is 23.5 Å². The van der Waals surface area contributed by atoms with Gasteiger partial charge in [-0.2, -0.15) is 12.6 Å². The minimum Gasteiger partial charge on any atom is -0.478 e. The topological polar surface area (TPSA) is 34.1 Å². The number of benzene rings is 1. The van der Waals surface area contributed by atoms with E-state index in [0.29, 0.717) is 0 Å². The molecule has 2 rings (SSSR count). The molecule has 1 N–H and O–H groups in total. The van der Waals surface area contributed by atoms with Gasteiger partial charge < -0.3 is 10.1 Å². The largest absolute Gasteiger partial charge is 0.478 e. The van der Waals surface area contributed by atoms with Gasteiger partial charge in [-0.25, -0.2) is 4.98 Å². The molecular formula is C18H26N2OS. The Morgan fingerprint density at radius 2 is 1.95 bits per heavy atom. The first-order chi connectivity index (χ1) is 10.7. The first-order valence-electron chi connectivity index (χ1n) is 8.03. The Morgan fingerprint density at radius 3 is 2.77 bits per heavy atom. The van der Waals surface area contributed by atoms with Crippen molar-refractivity contribution in [3.05, 3.63) is 35.4 Å². The molecule has 0 spiro atoms. The summed E-state index contributed by atoms with van der Waals surface area (Å²) in [4.78, 5) is 4.59. The van der Waals surface area contributed by atoms with Crippen molar-refractivity contribution in [3.63, 3.8) is 0 Å². The summed E-state index contributed by atoms with van der Waals surface area (Å²) < 4.78 is 5.81. The van der Waals surface area contributed by atoms with Crippen LogP contribution in [0.4, 0.5) is 0 Å². The van der Waals surface area contributed by atoms with E-state index in [1.165, 1.54) is 29.4 Å². The highest BCUT2D eigenvalue weighted by atomic mass is 32.1. The molecule has 0 bridgehead atoms. The molecule has 0 aliphatic heterocycles. The highest BCUT2D eigenvalue weighted by Gasteiger charge is 2.04. The number of aryl methyl sites for hydroxylation is 2. The van der Waals surface area contributed by atoms with E-state index in [1.54, 1.807) is 0 Å². The van der Waals surface area contributed by atoms with Crippen molar-refractivity contribution in [2.24, 2.45) is 0 Å². The summed E-state index contributed by atoms with van der Waals surface area (Å²) in [7, 11) is 0. The predicted octanol–water partition coefficient (Wildman–Crippen LogP) is 3.92. The van der Waals surface area contributed by atoms with E-state index >= 15 is 0 Å². The number of rotatable bonds is 9. The maximum atomic E-state index is 5.81. The lowest BCUT2D eigenvalue weighted by Gasteiger charge is -2.09. The standard InChI is InChI=1S/C18H26N2OS/c1-14-6-7-17-16(12-14)15(2)13-18(20-17)21-10-5-3-4-8-19-9-11-22/h6-7,12-13,19,22H,3-5,8-11H2,1-2H3. The molecule has 2 aromatic rings. The summed E-state index contributed by atoms with van der Waals surface area (Å²) in [5.74, 6) is 1.64. The SMILES string of the molecule is Cc1ccc2nc(OCCCCCNCCS)cc(C)c2c1. The third kappa shape index (κ3) is 5.18. The van der Waals surface area contributed by atoms with Crippen LogP contribution in [-0.2, 0) is 0 Å². The molecule has 1 aromatic heterocycles. The van der Waals surface area contributed by atoms with Crippen molar-refractivity contribution in [2.75, 3.05) is 25.4 Å². The van der Waals surface area contributed by atoms with Crippen LogP contribution in [0.3, 0.4) is 0 Å². The highest BCUT2D eigenvalue weighted by Crippen LogP contribution is 2.22. The zero-order valence-corrected chi connectivity index (χ0v) is 14.5. The lowest BCUT2D eigenvalue weighted by molar-refractivity contribution is 0.294. The second kappa shape index (κ2) is 9.01. The van der Waals surface area contributed by atoms with Gasteiger partial charge in [0.15, 0.2) is 0 Å². The van der Waals surface area contributed by atoms with E-state index < -0.39 is 0 Å². The number of thiol groups is 1. The fourth-order valence-corrected chi connectivity index (χ4v) is 2.62. The van der Waals surface area contributed by atoms with Crippen LogP contribution in [-0.4, -0.2) is 30.4 Å². The lowest BCUT2D eigenvalue weighted by atomic mass is 10.1. The van der Waals surface area contributed by atoms with Crippen molar-refractivity contribution in [3.8, 4) is 5.88 Å². The van der Waals surface area contributed by atoms with Gasteiger partial charge >= 0.3 is 0 Å². The van der Waals surface area contributed by atoms with Gasteiger partial charge in [0, 0.05) is 23.8 Å². The van der Waals surface area contributed by atoms with Gasteiger partial charge in [-0.05, 0) is 57.4 Å². The third-order valence-electron chi connectivity index (χ3n) is 3.68. The zero-order chi connectivity index (χ0) is 15.8. The van der Waals surface area contributed by atoms with Gasteiger partial charge in [0.1, 0.15) is 0 Å². The smallest absolute Gasteiger partial charge is 0.214 e. The minimum absolute atomic E-state index is 0.733. The molecule has 120 valence electrons. The third-order valence-corrected chi connectivity index (χ3v) is 3.91. The van der Waals surface area contributed by atoms with Gasteiger partial charge in [0.05, 0.1) is 12.1 Å². The van der Waals surface area contributed by atoms with E-state index in [1.807, 2.05) is 6.07 Å². The Hall–Kier alpha value is -1.26. The number of aromatic nitrogens is 1. The quantitative estimate of drug-likeness (QED) is 0.543. The maximum absolute atomic E-state index is 5.81. The molecule has 0 saturated carbocycles. The van der Waals surface area contributed by atoms with Crippen molar-refractivity contribution < 1.29 is 4.74 Å². The van der Waals surface area contributed by atoms with E-state index in [9.17, 15) is 0 Å². The normalized spacial score (nSPS) is 11.0. The predicted molar refractivity (Wildman–Crippen MR) is 97.3 cm³/mol. The Bertz CT molecular complexity index is 601. The molecule has 0 saturated heterocycles. The van der Waals surface area contributed by atoms with Crippen LogP contribution in [0.1, 0.15) is 30.4 Å². The fraction of sp³-hybridized carbons (Fsp3) is 0.500. The van der Waals surface area contributed by atoms with Crippen LogP contribution in [0.2, 0.25) is 0 Å². The van der Waals surface area contributed by atoms with E-state index in [-0.39, 0.29) is 0 Å². The van der Waals surface area contributed by atoms with Crippen LogP contribution < -0.4 is 10.1 Å². The molecule has 22 heavy (non-hydrogen) atoms. The van der Waals surface area contributed by atoms with Crippen LogP contribution in [0.25, 0.3) is 10.9 Å². The Morgan fingerprint density at radius 1 is 1.09 bits per heavy atom. The summed E-state index contributed by atoms with van der Waals surface area (Å²) >= 11 is 4.17. The van der Waals surface area contributed by atoms with Gasteiger partial charge in [0.25, 0.3) is 0 Å². The summed E-state index contributed by atoms with van der Waals surface area (Å²) in [6, 6.07) is 8.38. The number of unbranched alkanes of at least 4 members (excludes halogenated alkanes) is 2. The molecule has 3 nitrogen and oxygen atoms in total. The molecule has 0 unspecified atom stereocenters. The van der Waals surface area contributed by atoms with Crippen molar-refractivity contribution in [2.45, 2.75) is 33.1 Å². The molecule has 0 atom stereocenters. The number of fused-ring (bicyclic) bond motifs is 1. The fourth-order valence-electron chi connectivity index (χ4n) is 2.46. The number of nitrogens with one attached hydrogen (secondary N) is 1. The number of ether oxygens (including phenoxy) is 1. The summed E-state index contributed by atoms with van der Waals surface area (Å²) in [5.41, 5.74) is 3.49. The molecular weight excluding hydrogens is 292 g/mol. The summed E-state index contributed by atoms with van der Waals surface area (Å²) in [6.45, 7) is 7.00. The molecule has 0 radical (unpaired) electrons. The first-order valence-corrected chi connectivity index (χ1v) is 8.66. The molecule has 0 amide bonds. The van der Waals surface area contributed by atoms with E-state index in [4.69, 9.17) is 4.74 Å². The average molecular weight is 318 g/mol. The Kier molecular flexibility index (Phi) is 7.00. The van der Waals surface area contributed by atoms with Crippen LogP contribution in [0.15, 0.2) is 24.3 Å². The second-order valence-corrected chi connectivity index (χ2v) is 6.13. The number of hydrogen-bond acceptors (Lipinski definition) is 4. The minimum atomic E-state index is 0.733. The van der Waals surface area contributed by atoms with Crippen LogP contribution in [0, 0.1) is 13.8 Å². The second-order valence-electron chi connectivity index (χ2n) is 5.68. The Balaban J connectivity index is 1.79. The molecule has 0 aliphatic carbocycles. The van der Waals surface area contributed by atoms with Crippen molar-refractivity contribution in [1.29, 1.82) is 0 Å². The van der Waals surface area contributed by atoms with E-state index in [0.717, 1.165) is 43.3 Å². The Labute approximate surface area is 138 Å². The molecule has 1 heterocycles. The summed E-state index contributed by atoms with van der Waals surface area (Å²) in [6.07, 6.45) is 3.42. The van der Waals surface area contributed by atoms with Gasteiger partial charge in [-0.15, -0.1) is 0 Å². The van der Waals surface area contributed by atoms with E-state index in [2.05, 4.69) is 55.0 Å². The first kappa shape index (κ1) is 17.1. The van der Waals surface area contributed by atoms with Gasteiger partial charge in [-0.3, -0.25) is 0 Å². The van der Waals surface area contributed by atoms with Gasteiger partial charge in [-0.1, -0.05) is 11.6 Å². The molecule has 1 aromatic carbocycles. The van der Waals surface area contributed by atoms with Crippen molar-refractivity contribution in [1.82, 2.24) is 10.3 Å². The molecule has 4 heteroatoms. The van der Waals surface area contributed by atoms with Crippen LogP contribution >= 0.6 is 12.6 Å². The van der Waals surface area contributed by atoms with Gasteiger partial charge in [0.2, 0.25) is 5.88 Å². The molecule has 0 fully saturated rings. The zero-order valence-electron chi connectivity index (χ0n) is 13.6. The maximum Gasteiger partial charge on any atom is 0.214 e. The average Bonchev–Trinajstić information content (AvgIpc) is 2.51. The summed E-state index contributed by atoms with van der Waals surface area (Å²) in [5, 5.41) is 4.56. The number of hydrogen-bond donors (Lipinski definition) is 2. The highest BCUT2D eigenvalue weighted by molar-refractivity contribution is 7.80. The number of pyridine rings is 1. The lowest BCUT2D eigenvalue weighted by Crippen LogP contribution is -2.17. The molecule has 0 aliphatic rings.